The largest absolute Gasteiger partial charge is 0.496 e. The number of ether oxygens (including phenoxy) is 3. The van der Waals surface area contributed by atoms with Crippen molar-refractivity contribution in [2.24, 2.45) is 5.92 Å². The Bertz CT molecular complexity index is 1600. The molecule has 1 saturated carbocycles. The third kappa shape index (κ3) is 4.83. The van der Waals surface area contributed by atoms with E-state index in [1.165, 1.54) is 18.1 Å². The number of benzene rings is 2. The van der Waals surface area contributed by atoms with E-state index in [-0.39, 0.29) is 54.3 Å². The van der Waals surface area contributed by atoms with Crippen LogP contribution in [0.5, 0.6) is 11.5 Å². The number of fused-ring (bicyclic) bond motifs is 3. The summed E-state index contributed by atoms with van der Waals surface area (Å²) in [6.07, 6.45) is 1.81. The summed E-state index contributed by atoms with van der Waals surface area (Å²) in [7, 11) is 1.32. The third-order valence-electron chi connectivity index (χ3n) is 8.12. The minimum atomic E-state index is -1.50. The van der Waals surface area contributed by atoms with Crippen LogP contribution in [0.25, 0.3) is 11.0 Å². The Morgan fingerprint density at radius 1 is 1.12 bits per heavy atom. The van der Waals surface area contributed by atoms with E-state index in [4.69, 9.17) is 18.6 Å². The summed E-state index contributed by atoms with van der Waals surface area (Å²) in [5.74, 6) is -3.25. The van der Waals surface area contributed by atoms with Crippen LogP contribution >= 0.6 is 0 Å². The SMILES string of the molecule is COc1ccc(F)c(F)c1CNC(=O)C1(C)COc2c(oc3cc(C(=O)NC4(C)COC4)ccc23)C(=O)N1CC1CC1. The maximum atomic E-state index is 14.5. The molecule has 2 aromatic carbocycles. The first kappa shape index (κ1) is 28.0. The lowest BCUT2D eigenvalue weighted by Gasteiger charge is -2.38. The summed E-state index contributed by atoms with van der Waals surface area (Å²) in [5, 5.41) is 6.07. The van der Waals surface area contributed by atoms with Gasteiger partial charge >= 0.3 is 0 Å². The molecule has 3 aliphatic rings. The van der Waals surface area contributed by atoms with E-state index in [1.807, 2.05) is 6.92 Å². The first-order valence-electron chi connectivity index (χ1n) is 13.7. The predicted octanol–water partition coefficient (Wildman–Crippen LogP) is 3.56. The second-order valence-corrected chi connectivity index (χ2v) is 11.6. The fourth-order valence-corrected chi connectivity index (χ4v) is 5.28. The molecule has 12 heteroatoms. The van der Waals surface area contributed by atoms with Crippen LogP contribution in [-0.4, -0.2) is 67.2 Å². The van der Waals surface area contributed by atoms with E-state index in [0.717, 1.165) is 18.9 Å². The smallest absolute Gasteiger partial charge is 0.294 e. The van der Waals surface area contributed by atoms with E-state index in [9.17, 15) is 23.2 Å². The van der Waals surface area contributed by atoms with Crippen molar-refractivity contribution in [2.75, 3.05) is 33.5 Å². The highest BCUT2D eigenvalue weighted by molar-refractivity contribution is 6.06. The number of nitrogens with zero attached hydrogens (tertiary/aromatic N) is 1. The molecule has 0 spiro atoms. The molecule has 1 aliphatic carbocycles. The summed E-state index contributed by atoms with van der Waals surface area (Å²) in [6.45, 7) is 4.01. The average Bonchev–Trinajstić information content (AvgIpc) is 3.73. The van der Waals surface area contributed by atoms with Gasteiger partial charge in [-0.2, -0.15) is 0 Å². The molecule has 0 radical (unpaired) electrons. The van der Waals surface area contributed by atoms with Gasteiger partial charge in [0, 0.05) is 18.7 Å². The van der Waals surface area contributed by atoms with E-state index in [2.05, 4.69) is 10.6 Å². The number of halogens is 2. The summed E-state index contributed by atoms with van der Waals surface area (Å²) in [5.41, 5.74) is -1.44. The number of carbonyl (C=O) groups excluding carboxylic acids is 3. The first-order valence-corrected chi connectivity index (χ1v) is 13.7. The van der Waals surface area contributed by atoms with Gasteiger partial charge < -0.3 is 34.2 Å². The average molecular weight is 584 g/mol. The molecule has 3 heterocycles. The Labute approximate surface area is 240 Å². The van der Waals surface area contributed by atoms with Gasteiger partial charge in [-0.1, -0.05) is 0 Å². The van der Waals surface area contributed by atoms with Crippen LogP contribution in [0.4, 0.5) is 8.78 Å². The van der Waals surface area contributed by atoms with Gasteiger partial charge in [-0.25, -0.2) is 8.78 Å². The lowest BCUT2D eigenvalue weighted by atomic mass is 9.98. The maximum absolute atomic E-state index is 14.5. The van der Waals surface area contributed by atoms with Crippen LogP contribution in [-0.2, 0) is 16.1 Å². The molecule has 2 aliphatic heterocycles. The Balaban J connectivity index is 1.28. The van der Waals surface area contributed by atoms with E-state index < -0.39 is 34.5 Å². The molecule has 2 fully saturated rings. The molecule has 1 aromatic heterocycles. The molecular weight excluding hydrogens is 552 g/mol. The third-order valence-corrected chi connectivity index (χ3v) is 8.12. The summed E-state index contributed by atoms with van der Waals surface area (Å²) in [4.78, 5) is 41.9. The lowest BCUT2D eigenvalue weighted by Crippen LogP contribution is -2.61. The normalized spacial score (nSPS) is 21.2. The highest BCUT2D eigenvalue weighted by Crippen LogP contribution is 2.41. The summed E-state index contributed by atoms with van der Waals surface area (Å²) in [6, 6.07) is 7.03. The van der Waals surface area contributed by atoms with Crippen molar-refractivity contribution in [1.29, 1.82) is 0 Å². The number of methoxy groups -OCH3 is 1. The Kier molecular flexibility index (Phi) is 6.83. The number of amides is 3. The Morgan fingerprint density at radius 2 is 1.88 bits per heavy atom. The van der Waals surface area contributed by atoms with Gasteiger partial charge in [0.05, 0.1) is 36.8 Å². The van der Waals surface area contributed by atoms with E-state index >= 15 is 0 Å². The monoisotopic (exact) mass is 583 g/mol. The molecule has 6 rings (SSSR count). The van der Waals surface area contributed by atoms with Crippen LogP contribution in [0.15, 0.2) is 34.7 Å². The van der Waals surface area contributed by atoms with Crippen molar-refractivity contribution in [3.63, 3.8) is 0 Å². The lowest BCUT2D eigenvalue weighted by molar-refractivity contribution is -0.133. The number of rotatable bonds is 8. The highest BCUT2D eigenvalue weighted by atomic mass is 19.2. The van der Waals surface area contributed by atoms with Crippen molar-refractivity contribution in [1.82, 2.24) is 15.5 Å². The highest BCUT2D eigenvalue weighted by Gasteiger charge is 2.49. The predicted molar refractivity (Wildman–Crippen MR) is 145 cm³/mol. The summed E-state index contributed by atoms with van der Waals surface area (Å²) >= 11 is 0. The van der Waals surface area contributed by atoms with Gasteiger partial charge in [-0.05, 0) is 62.9 Å². The number of carbonyl (C=O) groups is 3. The van der Waals surface area contributed by atoms with Crippen LogP contribution in [0.2, 0.25) is 0 Å². The number of furan rings is 1. The van der Waals surface area contributed by atoms with Gasteiger partial charge in [0.25, 0.3) is 11.8 Å². The van der Waals surface area contributed by atoms with Gasteiger partial charge in [-0.15, -0.1) is 0 Å². The molecule has 10 nitrogen and oxygen atoms in total. The molecule has 1 saturated heterocycles. The van der Waals surface area contributed by atoms with E-state index in [0.29, 0.717) is 29.7 Å². The van der Waals surface area contributed by atoms with Crippen molar-refractivity contribution in [3.8, 4) is 11.5 Å². The maximum Gasteiger partial charge on any atom is 0.294 e. The van der Waals surface area contributed by atoms with Gasteiger partial charge in [0.15, 0.2) is 22.9 Å². The zero-order valence-corrected chi connectivity index (χ0v) is 23.5. The fraction of sp³-hybridized carbons (Fsp3) is 0.433. The second kappa shape index (κ2) is 10.3. The molecule has 42 heavy (non-hydrogen) atoms. The zero-order chi connectivity index (χ0) is 29.8. The van der Waals surface area contributed by atoms with E-state index in [1.54, 1.807) is 25.1 Å². The van der Waals surface area contributed by atoms with Gasteiger partial charge in [0.1, 0.15) is 17.9 Å². The molecule has 1 atom stereocenters. The fourth-order valence-electron chi connectivity index (χ4n) is 5.28. The minimum absolute atomic E-state index is 0.0723. The van der Waals surface area contributed by atoms with Crippen molar-refractivity contribution in [2.45, 2.75) is 44.3 Å². The minimum Gasteiger partial charge on any atom is -0.496 e. The quantitative estimate of drug-likeness (QED) is 0.416. The topological polar surface area (TPSA) is 119 Å². The van der Waals surface area contributed by atoms with Crippen molar-refractivity contribution >= 4 is 28.7 Å². The van der Waals surface area contributed by atoms with Gasteiger partial charge in [-0.3, -0.25) is 14.4 Å². The standard InChI is InChI=1S/C30H31F2N3O7/c1-29(13-40-14-29)34-26(36)17-6-7-18-22(10-17)42-25-24(18)41-15-30(2,35(27(25)37)12-16-4-5-16)28(38)33-11-19-21(39-3)9-8-20(31)23(19)32/h6-10,16H,4-5,11-15H2,1-3H3,(H,33,38)(H,34,36). The number of hydrogen-bond donors (Lipinski definition) is 2. The zero-order valence-electron chi connectivity index (χ0n) is 23.5. The molecule has 222 valence electrons. The van der Waals surface area contributed by atoms with Crippen LogP contribution < -0.4 is 20.1 Å². The molecule has 0 bridgehead atoms. The molecule has 3 amide bonds. The first-order chi connectivity index (χ1) is 20.0. The molecular formula is C30H31F2N3O7. The van der Waals surface area contributed by atoms with Crippen molar-refractivity contribution in [3.05, 3.63) is 58.9 Å². The second-order valence-electron chi connectivity index (χ2n) is 11.6. The number of hydrogen-bond acceptors (Lipinski definition) is 7. The van der Waals surface area contributed by atoms with Crippen LogP contribution in [0, 0.1) is 17.6 Å². The van der Waals surface area contributed by atoms with Crippen LogP contribution in [0.1, 0.15) is 53.2 Å². The van der Waals surface area contributed by atoms with Gasteiger partial charge in [0.2, 0.25) is 11.7 Å². The molecule has 1 unspecified atom stereocenters. The number of nitrogens with one attached hydrogen (secondary N) is 2. The molecule has 3 aromatic rings. The van der Waals surface area contributed by atoms with Crippen LogP contribution in [0.3, 0.4) is 0 Å². The summed E-state index contributed by atoms with van der Waals surface area (Å²) < 4.78 is 50.9. The van der Waals surface area contributed by atoms with Crippen molar-refractivity contribution < 1.29 is 41.8 Å². The Morgan fingerprint density at radius 3 is 2.55 bits per heavy atom. The Hall–Kier alpha value is -4.19. The molecule has 2 N–H and O–H groups in total.